The highest BCUT2D eigenvalue weighted by molar-refractivity contribution is 5.91. The van der Waals surface area contributed by atoms with Crippen molar-refractivity contribution < 1.29 is 14.7 Å². The van der Waals surface area contributed by atoms with Gasteiger partial charge in [0.1, 0.15) is 0 Å². The molecule has 0 atom stereocenters. The van der Waals surface area contributed by atoms with Crippen LogP contribution in [-0.4, -0.2) is 17.0 Å². The Kier molecular flexibility index (Phi) is 11.0. The summed E-state index contributed by atoms with van der Waals surface area (Å²) in [6.07, 6.45) is 22.7. The maximum Gasteiger partial charge on any atom is 0.303 e. The van der Waals surface area contributed by atoms with Crippen molar-refractivity contribution in [3.05, 3.63) is 134 Å². The molecule has 2 saturated carbocycles. The fourth-order valence-electron chi connectivity index (χ4n) is 4.82. The molecule has 38 heavy (non-hydrogen) atoms. The van der Waals surface area contributed by atoms with Crippen LogP contribution >= 0.6 is 0 Å². The Morgan fingerprint density at radius 2 is 1.26 bits per heavy atom. The molecule has 0 saturated heterocycles. The summed E-state index contributed by atoms with van der Waals surface area (Å²) in [5.41, 5.74) is 5.59. The Morgan fingerprint density at radius 3 is 1.92 bits per heavy atom. The van der Waals surface area contributed by atoms with E-state index >= 15 is 0 Å². The number of carbonyl (C=O) groups is 2. The van der Waals surface area contributed by atoms with E-state index in [1.54, 1.807) is 0 Å². The first-order valence-corrected chi connectivity index (χ1v) is 13.4. The Hall–Kier alpha value is -2.88. The number of benzene rings is 2. The first-order chi connectivity index (χ1) is 18.6. The van der Waals surface area contributed by atoms with Crippen molar-refractivity contribution in [1.29, 1.82) is 0 Å². The van der Waals surface area contributed by atoms with Crippen LogP contribution in [0.2, 0.25) is 0 Å². The van der Waals surface area contributed by atoms with Crippen molar-refractivity contribution >= 4 is 23.1 Å². The van der Waals surface area contributed by atoms with Crippen molar-refractivity contribution in [2.24, 2.45) is 0 Å². The van der Waals surface area contributed by atoms with Gasteiger partial charge >= 0.3 is 5.97 Å². The molecular weight excluding hydrogens is 470 g/mol. The van der Waals surface area contributed by atoms with Gasteiger partial charge < -0.3 is 10.4 Å². The largest absolute Gasteiger partial charge is 0.481 e. The van der Waals surface area contributed by atoms with Gasteiger partial charge in [0.25, 0.3) is 0 Å². The second kappa shape index (κ2) is 14.9. The number of allylic oxidation sites excluding steroid dienone is 1. The van der Waals surface area contributed by atoms with Crippen LogP contribution in [0.1, 0.15) is 62.5 Å². The van der Waals surface area contributed by atoms with Crippen molar-refractivity contribution in [1.82, 2.24) is 0 Å². The lowest BCUT2D eigenvalue weighted by Gasteiger charge is -2.22. The third kappa shape index (κ3) is 8.58. The van der Waals surface area contributed by atoms with E-state index in [9.17, 15) is 9.59 Å². The summed E-state index contributed by atoms with van der Waals surface area (Å²) in [7, 11) is 0. The molecule has 0 spiro atoms. The molecule has 0 heterocycles. The van der Waals surface area contributed by atoms with Crippen LogP contribution in [0.4, 0.5) is 5.69 Å². The van der Waals surface area contributed by atoms with Crippen molar-refractivity contribution in [2.75, 3.05) is 5.32 Å². The van der Waals surface area contributed by atoms with E-state index in [0.717, 1.165) is 43.4 Å². The number of nitrogens with one attached hydrogen (secondary N) is 1. The van der Waals surface area contributed by atoms with E-state index in [0.29, 0.717) is 12.8 Å². The summed E-state index contributed by atoms with van der Waals surface area (Å²) in [5, 5.41) is 11.7. The van der Waals surface area contributed by atoms with Gasteiger partial charge in [-0.15, -0.1) is 0 Å². The molecule has 0 aromatic heterocycles. The lowest BCUT2D eigenvalue weighted by molar-refractivity contribution is -0.137. The minimum atomic E-state index is -0.764. The van der Waals surface area contributed by atoms with Gasteiger partial charge in [0.15, 0.2) is 0 Å². The number of carboxylic acid groups (broad SMARTS) is 1. The highest BCUT2D eigenvalue weighted by Crippen LogP contribution is 2.42. The van der Waals surface area contributed by atoms with Crippen LogP contribution in [0, 0.1) is 63.2 Å². The number of rotatable bonds is 14. The maximum atomic E-state index is 12.4. The summed E-state index contributed by atoms with van der Waals surface area (Å²) in [4.78, 5) is 23.0. The average Bonchev–Trinajstić information content (AvgIpc) is 3.65. The summed E-state index contributed by atoms with van der Waals surface area (Å²) in [6.45, 7) is 0. The third-order valence-electron chi connectivity index (χ3n) is 6.77. The highest BCUT2D eigenvalue weighted by Gasteiger charge is 2.27. The summed E-state index contributed by atoms with van der Waals surface area (Å²) >= 11 is 0. The Morgan fingerprint density at radius 1 is 0.658 bits per heavy atom. The molecule has 0 aliphatic heterocycles. The van der Waals surface area contributed by atoms with E-state index in [2.05, 4.69) is 93.1 Å². The zero-order valence-electron chi connectivity index (χ0n) is 21.7. The van der Waals surface area contributed by atoms with Gasteiger partial charge in [0, 0.05) is 24.4 Å². The van der Waals surface area contributed by atoms with Crippen LogP contribution in [0.25, 0.3) is 5.57 Å². The first kappa shape index (κ1) is 28.1. The Labute approximate surface area is 228 Å². The zero-order valence-corrected chi connectivity index (χ0v) is 21.7. The van der Waals surface area contributed by atoms with Crippen LogP contribution in [0.5, 0.6) is 0 Å². The van der Waals surface area contributed by atoms with Crippen LogP contribution in [0.3, 0.4) is 0 Å². The normalized spacial score (nSPS) is 16.9. The zero-order chi connectivity index (χ0) is 26.6. The van der Waals surface area contributed by atoms with E-state index < -0.39 is 5.97 Å². The average molecular weight is 506 g/mol. The molecule has 194 valence electrons. The van der Waals surface area contributed by atoms with Crippen molar-refractivity contribution in [3.63, 3.8) is 0 Å². The molecule has 4 rings (SSSR count). The number of carbonyl (C=O) groups excluding carboxylic acids is 1. The van der Waals surface area contributed by atoms with Crippen LogP contribution < -0.4 is 5.32 Å². The number of carboxylic acids is 1. The number of anilines is 1. The SMILES string of the molecule is O=C(O)CCCCCCC(=O)Nc1ccc(/C(=C(/CC[C]2[CH][CH][CH][CH]2)[C]2[CH][CH][CH][CH]2)c2ccccc2)cc1. The van der Waals surface area contributed by atoms with Gasteiger partial charge in [0.2, 0.25) is 5.91 Å². The lowest BCUT2D eigenvalue weighted by atomic mass is 9.82. The first-order valence-electron chi connectivity index (χ1n) is 13.4. The van der Waals surface area contributed by atoms with Gasteiger partial charge in [-0.1, -0.05) is 60.9 Å². The molecule has 4 heteroatoms. The quantitative estimate of drug-likeness (QED) is 0.262. The second-order valence-electron chi connectivity index (χ2n) is 9.62. The molecule has 4 nitrogen and oxygen atoms in total. The molecule has 2 aromatic rings. The second-order valence-corrected chi connectivity index (χ2v) is 9.62. The van der Waals surface area contributed by atoms with Gasteiger partial charge in [-0.3, -0.25) is 9.59 Å². The number of aliphatic carboxylic acids is 1. The maximum absolute atomic E-state index is 12.4. The number of unbranched alkanes of at least 4 members (excludes halogenated alkanes) is 3. The van der Waals surface area contributed by atoms with Crippen molar-refractivity contribution in [3.8, 4) is 0 Å². The molecule has 2 fully saturated rings. The third-order valence-corrected chi connectivity index (χ3v) is 6.77. The Bertz CT molecular complexity index is 1040. The van der Waals surface area contributed by atoms with Crippen LogP contribution in [0.15, 0.2) is 60.2 Å². The van der Waals surface area contributed by atoms with E-state index in [4.69, 9.17) is 5.11 Å². The molecule has 0 unspecified atom stereocenters. The minimum absolute atomic E-state index is 0.0121. The Balaban J connectivity index is 1.46. The summed E-state index contributed by atoms with van der Waals surface area (Å²) < 4.78 is 0. The monoisotopic (exact) mass is 505 g/mol. The van der Waals surface area contributed by atoms with E-state index in [-0.39, 0.29) is 12.3 Å². The van der Waals surface area contributed by atoms with Gasteiger partial charge in [0.05, 0.1) is 0 Å². The van der Waals surface area contributed by atoms with Crippen LogP contribution in [-0.2, 0) is 9.59 Å². The van der Waals surface area contributed by atoms with E-state index in [1.165, 1.54) is 28.5 Å². The lowest BCUT2D eigenvalue weighted by Crippen LogP contribution is -2.11. The summed E-state index contributed by atoms with van der Waals surface area (Å²) in [6, 6.07) is 18.6. The minimum Gasteiger partial charge on any atom is -0.481 e. The smallest absolute Gasteiger partial charge is 0.303 e. The fraction of sp³-hybridized carbons (Fsp3) is 0.235. The van der Waals surface area contributed by atoms with Gasteiger partial charge in [-0.05, 0) is 112 Å². The molecule has 2 N–H and O–H groups in total. The standard InChI is InChI=1S/C34H35NO3/c36-32(18-6-1-2-7-19-33(37)38)35-30-23-21-29(22-24-30)34(28-16-4-3-5-17-28)31(27-14-10-11-15-27)25-20-26-12-8-9-13-26/h3-5,8-17,21-24H,1-2,6-7,18-20,25H2,(H,35,36)(H,37,38)/b34-31-. The predicted molar refractivity (Wildman–Crippen MR) is 153 cm³/mol. The topological polar surface area (TPSA) is 66.4 Å². The molecule has 2 aromatic carbocycles. The number of hydrogen-bond acceptors (Lipinski definition) is 2. The summed E-state index contributed by atoms with van der Waals surface area (Å²) in [5.74, 6) is 1.79. The highest BCUT2D eigenvalue weighted by atomic mass is 16.4. The van der Waals surface area contributed by atoms with Crippen molar-refractivity contribution in [2.45, 2.75) is 51.4 Å². The van der Waals surface area contributed by atoms with E-state index in [1.807, 2.05) is 18.2 Å². The molecule has 2 aliphatic rings. The molecule has 2 aliphatic carbocycles. The molecule has 10 radical (unpaired) electrons. The number of amides is 1. The van der Waals surface area contributed by atoms with Gasteiger partial charge in [-0.25, -0.2) is 0 Å². The van der Waals surface area contributed by atoms with Gasteiger partial charge in [-0.2, -0.15) is 0 Å². The molecule has 0 bridgehead atoms. The number of hydrogen-bond donors (Lipinski definition) is 2. The predicted octanol–water partition coefficient (Wildman–Crippen LogP) is 7.44. The molecule has 1 amide bonds. The molecular formula is C34H35NO3. The fourth-order valence-corrected chi connectivity index (χ4v) is 4.82.